The monoisotopic (exact) mass is 194 g/mol. The number of amides is 2. The molecule has 0 aromatic rings. The molecule has 0 radical (unpaired) electrons. The summed E-state index contributed by atoms with van der Waals surface area (Å²) in [6.07, 6.45) is 1.85. The Hall–Kier alpha value is -1.11. The summed E-state index contributed by atoms with van der Waals surface area (Å²) in [5.41, 5.74) is 8.50. The molecule has 12 heavy (non-hydrogen) atoms. The third kappa shape index (κ3) is 36.6. The second-order valence-electron chi connectivity index (χ2n) is 1.87. The molecule has 6 nitrogen and oxygen atoms in total. The molecule has 7 heteroatoms. The second kappa shape index (κ2) is 9.89. The third-order valence-electron chi connectivity index (χ3n) is 0.723. The van der Waals surface area contributed by atoms with Crippen molar-refractivity contribution in [1.29, 1.82) is 0 Å². The maximum atomic E-state index is 9.84. The number of hydrogen-bond donors (Lipinski definition) is 3. The Morgan fingerprint density at radius 3 is 2.25 bits per heavy atom. The normalized spacial score (nSPS) is 7.75. The van der Waals surface area contributed by atoms with E-state index in [9.17, 15) is 4.46 Å². The van der Waals surface area contributed by atoms with Gasteiger partial charge in [-0.05, 0) is 6.42 Å². The second-order valence-corrected chi connectivity index (χ2v) is 2.69. The smallest absolute Gasteiger partial charge is 0.511 e. The summed E-state index contributed by atoms with van der Waals surface area (Å²) >= 11 is 0. The Morgan fingerprint density at radius 1 is 1.58 bits per heavy atom. The summed E-state index contributed by atoms with van der Waals surface area (Å²) < 4.78 is 14.2. The zero-order valence-electron chi connectivity index (χ0n) is 6.95. The van der Waals surface area contributed by atoms with Gasteiger partial charge in [0.25, 0.3) is 0 Å². The van der Waals surface area contributed by atoms with E-state index in [1.54, 1.807) is 0 Å². The van der Waals surface area contributed by atoms with Crippen LogP contribution in [0.15, 0.2) is 0 Å². The van der Waals surface area contributed by atoms with Crippen molar-refractivity contribution in [2.75, 3.05) is 6.61 Å². The lowest BCUT2D eigenvalue weighted by atomic mass is 10.4. The zero-order valence-corrected chi connectivity index (χ0v) is 7.95. The predicted octanol–water partition coefficient (Wildman–Crippen LogP) is -0.765. The molecule has 0 heterocycles. The van der Waals surface area contributed by atoms with Crippen LogP contribution in [0.5, 0.6) is 0 Å². The van der Waals surface area contributed by atoms with Crippen molar-refractivity contribution in [3.8, 4) is 0 Å². The molecule has 0 saturated carbocycles. The first-order valence-electron chi connectivity index (χ1n) is 3.41. The van der Waals surface area contributed by atoms with Crippen molar-refractivity contribution in [1.82, 2.24) is 0 Å². The molecule has 0 spiro atoms. The highest BCUT2D eigenvalue weighted by Gasteiger charge is 1.99. The van der Waals surface area contributed by atoms with Crippen molar-refractivity contribution in [3.05, 3.63) is 0 Å². The molecule has 72 valence electrons. The van der Waals surface area contributed by atoms with Gasteiger partial charge < -0.3 is 20.7 Å². The van der Waals surface area contributed by atoms with E-state index in [0.717, 1.165) is 12.8 Å². The fourth-order valence-corrected chi connectivity index (χ4v) is 0.623. The Morgan fingerprint density at radius 2 is 2.00 bits per heavy atom. The van der Waals surface area contributed by atoms with Gasteiger partial charge in [-0.2, -0.15) is 0 Å². The van der Waals surface area contributed by atoms with Gasteiger partial charge in [-0.15, -0.1) is 0 Å². The minimum absolute atomic E-state index is 0.408. The molecule has 0 rings (SSSR count). The van der Waals surface area contributed by atoms with Crippen LogP contribution >= 0.6 is 0 Å². The molecule has 2 amide bonds. The summed E-state index contributed by atoms with van der Waals surface area (Å²) in [5, 5.41) is 0. The average Bonchev–Trinajstić information content (AvgIpc) is 1.86. The molecular weight excluding hydrogens is 180 g/mol. The SMILES string of the molecule is CCCCO[Si](=O)O.NC(N)=O. The Balaban J connectivity index is 0. The van der Waals surface area contributed by atoms with Gasteiger partial charge in [0, 0.05) is 0 Å². The van der Waals surface area contributed by atoms with Crippen LogP contribution in [-0.2, 0) is 8.89 Å². The van der Waals surface area contributed by atoms with Crippen LogP contribution in [0.2, 0.25) is 0 Å². The fraction of sp³-hybridized carbons (Fsp3) is 0.800. The van der Waals surface area contributed by atoms with Crippen molar-refractivity contribution < 1.29 is 18.5 Å². The standard InChI is InChI=1S/C4H10O3Si.CH4N2O/c1-2-3-4-7-8(5)6;2-1(3)4/h5H,2-4H2,1H3;(H4,2,3,4). The number of carbonyl (C=O) groups excluding carboxylic acids is 1. The number of primary amides is 2. The van der Waals surface area contributed by atoms with Crippen LogP contribution < -0.4 is 11.5 Å². The first kappa shape index (κ1) is 13.5. The number of hydrogen-bond acceptors (Lipinski definition) is 3. The first-order valence-corrected chi connectivity index (χ1v) is 4.67. The number of nitrogens with two attached hydrogens (primary N) is 2. The molecule has 0 bridgehead atoms. The molecule has 0 atom stereocenters. The van der Waals surface area contributed by atoms with E-state index in [-0.39, 0.29) is 0 Å². The van der Waals surface area contributed by atoms with Crippen molar-refractivity contribution >= 4 is 15.2 Å². The van der Waals surface area contributed by atoms with E-state index >= 15 is 0 Å². The molecule has 0 unspecified atom stereocenters. The van der Waals surface area contributed by atoms with Gasteiger partial charge in [0.05, 0.1) is 6.61 Å². The lowest BCUT2D eigenvalue weighted by molar-refractivity contribution is 0.220. The number of rotatable bonds is 4. The molecule has 0 aromatic heterocycles. The van der Waals surface area contributed by atoms with Gasteiger partial charge in [-0.1, -0.05) is 13.3 Å². The Kier molecular flexibility index (Phi) is 11.1. The minimum Gasteiger partial charge on any atom is -0.511 e. The van der Waals surface area contributed by atoms with Crippen LogP contribution in [-0.4, -0.2) is 26.6 Å². The van der Waals surface area contributed by atoms with Gasteiger partial charge in [-0.25, -0.2) is 4.79 Å². The summed E-state index contributed by atoms with van der Waals surface area (Å²) in [7, 11) is -2.66. The van der Waals surface area contributed by atoms with Gasteiger partial charge in [0.15, 0.2) is 0 Å². The van der Waals surface area contributed by atoms with E-state index in [1.807, 2.05) is 6.92 Å². The number of urea groups is 1. The maximum absolute atomic E-state index is 9.84. The lowest BCUT2D eigenvalue weighted by Crippen LogP contribution is -2.18. The topological polar surface area (TPSA) is 116 Å². The maximum Gasteiger partial charge on any atom is 0.764 e. The molecule has 0 fully saturated rings. The van der Waals surface area contributed by atoms with E-state index in [0.29, 0.717) is 6.61 Å². The predicted molar refractivity (Wildman–Crippen MR) is 43.3 cm³/mol. The molecule has 0 aliphatic heterocycles. The highest BCUT2D eigenvalue weighted by atomic mass is 28.3. The van der Waals surface area contributed by atoms with Crippen LogP contribution in [0.4, 0.5) is 4.79 Å². The van der Waals surface area contributed by atoms with Crippen LogP contribution in [0, 0.1) is 0 Å². The van der Waals surface area contributed by atoms with E-state index < -0.39 is 15.2 Å². The Bertz CT molecular complexity index is 137. The third-order valence-corrected chi connectivity index (χ3v) is 1.17. The average molecular weight is 194 g/mol. The van der Waals surface area contributed by atoms with Crippen molar-refractivity contribution in [2.45, 2.75) is 19.8 Å². The quantitative estimate of drug-likeness (QED) is 0.402. The van der Waals surface area contributed by atoms with Gasteiger partial charge in [0.1, 0.15) is 0 Å². The zero-order chi connectivity index (χ0) is 9.98. The van der Waals surface area contributed by atoms with E-state index in [4.69, 9.17) is 9.59 Å². The number of carbonyl (C=O) groups is 1. The summed E-state index contributed by atoms with van der Waals surface area (Å²) in [4.78, 5) is 17.1. The number of unbranched alkanes of at least 4 members (excludes halogenated alkanes) is 1. The molecule has 5 N–H and O–H groups in total. The molecule has 0 saturated heterocycles. The minimum atomic E-state index is -2.66. The van der Waals surface area contributed by atoms with Crippen LogP contribution in [0.1, 0.15) is 19.8 Å². The fourth-order valence-electron chi connectivity index (χ4n) is 0.304. The van der Waals surface area contributed by atoms with E-state index in [2.05, 4.69) is 15.9 Å². The van der Waals surface area contributed by atoms with Gasteiger partial charge in [-0.3, -0.25) is 4.46 Å². The lowest BCUT2D eigenvalue weighted by Gasteiger charge is -1.94. The molecule has 0 aliphatic carbocycles. The van der Waals surface area contributed by atoms with Gasteiger partial charge >= 0.3 is 15.2 Å². The summed E-state index contributed by atoms with van der Waals surface area (Å²) in [5.74, 6) is 0. The van der Waals surface area contributed by atoms with Crippen molar-refractivity contribution in [2.24, 2.45) is 11.5 Å². The Labute approximate surface area is 72.4 Å². The first-order chi connectivity index (χ1) is 5.50. The van der Waals surface area contributed by atoms with Crippen molar-refractivity contribution in [3.63, 3.8) is 0 Å². The molecule has 0 aliphatic rings. The van der Waals surface area contributed by atoms with Crippen LogP contribution in [0.25, 0.3) is 0 Å². The molecular formula is C5H14N2O4Si. The highest BCUT2D eigenvalue weighted by Crippen LogP contribution is 1.85. The summed E-state index contributed by atoms with van der Waals surface area (Å²) in [6.45, 7) is 2.41. The summed E-state index contributed by atoms with van der Waals surface area (Å²) in [6, 6.07) is -0.833. The van der Waals surface area contributed by atoms with Crippen LogP contribution in [0.3, 0.4) is 0 Å². The largest absolute Gasteiger partial charge is 0.764 e. The van der Waals surface area contributed by atoms with E-state index in [1.165, 1.54) is 0 Å². The molecule has 0 aromatic carbocycles. The van der Waals surface area contributed by atoms with Gasteiger partial charge in [0.2, 0.25) is 0 Å². The highest BCUT2D eigenvalue weighted by molar-refractivity contribution is 6.24.